The third-order valence-electron chi connectivity index (χ3n) is 2.78. The van der Waals surface area contributed by atoms with E-state index in [4.69, 9.17) is 5.11 Å². The number of hydrogen-bond acceptors (Lipinski definition) is 3. The minimum Gasteiger partial charge on any atom is -0.391 e. The van der Waals surface area contributed by atoms with Crippen molar-refractivity contribution in [1.82, 2.24) is 4.31 Å². The van der Waals surface area contributed by atoms with Crippen LogP contribution in [0, 0.1) is 11.6 Å². The lowest BCUT2D eigenvalue weighted by atomic mass is 10.2. The minimum absolute atomic E-state index is 0.172. The molecule has 1 rings (SSSR count). The van der Waals surface area contributed by atoms with Crippen LogP contribution in [0.2, 0.25) is 0 Å². The third kappa shape index (κ3) is 2.93. The average molecular weight is 293 g/mol. The van der Waals surface area contributed by atoms with Crippen LogP contribution >= 0.6 is 0 Å². The highest BCUT2D eigenvalue weighted by Gasteiger charge is 2.30. The van der Waals surface area contributed by atoms with E-state index in [1.165, 1.54) is 0 Å². The van der Waals surface area contributed by atoms with Gasteiger partial charge in [0.25, 0.3) is 0 Å². The van der Waals surface area contributed by atoms with Gasteiger partial charge in [-0.05, 0) is 26.0 Å². The average Bonchev–Trinajstić information content (AvgIpc) is 2.28. The smallest absolute Gasteiger partial charge is 0.246 e. The second-order valence-electron chi connectivity index (χ2n) is 4.30. The maximum atomic E-state index is 14.0. The van der Waals surface area contributed by atoms with Gasteiger partial charge in [0.2, 0.25) is 10.0 Å². The summed E-state index contributed by atoms with van der Waals surface area (Å²) in [5.74, 6) is -2.20. The number of halogens is 2. The Bertz CT molecular complexity index is 558. The summed E-state index contributed by atoms with van der Waals surface area (Å²) in [7, 11) is -4.05. The molecule has 0 radical (unpaired) electrons. The van der Waals surface area contributed by atoms with Crippen LogP contribution < -0.4 is 0 Å². The zero-order chi connectivity index (χ0) is 14.8. The minimum atomic E-state index is -4.05. The molecule has 0 aliphatic heterocycles. The summed E-state index contributed by atoms with van der Waals surface area (Å²) in [5, 5.41) is 8.91. The van der Waals surface area contributed by atoms with Gasteiger partial charge in [-0.15, -0.1) is 0 Å². The van der Waals surface area contributed by atoms with Crippen LogP contribution in [0.25, 0.3) is 0 Å². The largest absolute Gasteiger partial charge is 0.391 e. The Morgan fingerprint density at radius 2 is 1.89 bits per heavy atom. The molecule has 0 aromatic heterocycles. The molecular formula is C12H17F2NO3S. The Kier molecular flexibility index (Phi) is 5.00. The molecular weight excluding hydrogens is 276 g/mol. The Labute approximate surface area is 111 Å². The molecule has 1 N–H and O–H groups in total. The quantitative estimate of drug-likeness (QED) is 0.901. The normalized spacial score (nSPS) is 12.4. The van der Waals surface area contributed by atoms with Gasteiger partial charge in [-0.2, -0.15) is 4.31 Å². The molecule has 19 heavy (non-hydrogen) atoms. The van der Waals surface area contributed by atoms with E-state index >= 15 is 0 Å². The maximum Gasteiger partial charge on any atom is 0.246 e. The van der Waals surface area contributed by atoms with Crippen LogP contribution in [-0.4, -0.2) is 30.4 Å². The van der Waals surface area contributed by atoms with E-state index in [0.29, 0.717) is 0 Å². The summed E-state index contributed by atoms with van der Waals surface area (Å²) in [6, 6.07) is 1.37. The Morgan fingerprint density at radius 1 is 1.32 bits per heavy atom. The topological polar surface area (TPSA) is 57.6 Å². The number of aliphatic hydroxyl groups is 1. The molecule has 0 bridgehead atoms. The molecule has 0 aliphatic rings. The first-order valence-corrected chi connectivity index (χ1v) is 7.30. The predicted octanol–water partition coefficient (Wildman–Crippen LogP) is 1.88. The van der Waals surface area contributed by atoms with Gasteiger partial charge in [0, 0.05) is 12.6 Å². The summed E-state index contributed by atoms with van der Waals surface area (Å²) in [4.78, 5) is -0.617. The Morgan fingerprint density at radius 3 is 2.32 bits per heavy atom. The van der Waals surface area contributed by atoms with Crippen molar-refractivity contribution >= 4 is 10.0 Å². The van der Waals surface area contributed by atoms with Crippen molar-refractivity contribution in [1.29, 1.82) is 0 Å². The van der Waals surface area contributed by atoms with E-state index in [1.54, 1.807) is 20.8 Å². The molecule has 7 heteroatoms. The van der Waals surface area contributed by atoms with Crippen molar-refractivity contribution in [2.24, 2.45) is 0 Å². The molecule has 0 fully saturated rings. The van der Waals surface area contributed by atoms with Gasteiger partial charge >= 0.3 is 0 Å². The molecule has 0 spiro atoms. The van der Waals surface area contributed by atoms with E-state index in [-0.39, 0.29) is 12.6 Å². The molecule has 0 aliphatic carbocycles. The maximum absolute atomic E-state index is 14.0. The number of hydrogen-bond donors (Lipinski definition) is 1. The highest BCUT2D eigenvalue weighted by molar-refractivity contribution is 7.89. The van der Waals surface area contributed by atoms with Gasteiger partial charge in [-0.1, -0.05) is 6.92 Å². The Hall–Kier alpha value is -1.05. The van der Waals surface area contributed by atoms with Gasteiger partial charge in [-0.3, -0.25) is 0 Å². The second-order valence-corrected chi connectivity index (χ2v) is 6.16. The number of benzene rings is 1. The van der Waals surface area contributed by atoms with Crippen LogP contribution in [-0.2, 0) is 16.6 Å². The summed E-state index contributed by atoms with van der Waals surface area (Å²) in [6.45, 7) is 4.23. The summed E-state index contributed by atoms with van der Waals surface area (Å²) < 4.78 is 52.9. The van der Waals surface area contributed by atoms with E-state index in [2.05, 4.69) is 0 Å². The fraction of sp³-hybridized carbons (Fsp3) is 0.500. The van der Waals surface area contributed by atoms with E-state index in [9.17, 15) is 17.2 Å². The molecule has 1 aromatic carbocycles. The van der Waals surface area contributed by atoms with Gasteiger partial charge in [-0.25, -0.2) is 17.2 Å². The van der Waals surface area contributed by atoms with Gasteiger partial charge < -0.3 is 5.11 Å². The van der Waals surface area contributed by atoms with Crippen molar-refractivity contribution in [3.63, 3.8) is 0 Å². The molecule has 4 nitrogen and oxygen atoms in total. The zero-order valence-electron chi connectivity index (χ0n) is 11.0. The lowest BCUT2D eigenvalue weighted by Crippen LogP contribution is -2.37. The lowest BCUT2D eigenvalue weighted by Gasteiger charge is -2.24. The molecule has 0 saturated heterocycles. The summed E-state index contributed by atoms with van der Waals surface area (Å²) in [5.41, 5.74) is -0.638. The fourth-order valence-corrected chi connectivity index (χ4v) is 3.60. The summed E-state index contributed by atoms with van der Waals surface area (Å²) >= 11 is 0. The monoisotopic (exact) mass is 293 g/mol. The highest BCUT2D eigenvalue weighted by Crippen LogP contribution is 2.25. The van der Waals surface area contributed by atoms with Crippen LogP contribution in [0.5, 0.6) is 0 Å². The predicted molar refractivity (Wildman–Crippen MR) is 67.0 cm³/mol. The van der Waals surface area contributed by atoms with Crippen molar-refractivity contribution in [2.45, 2.75) is 38.3 Å². The standard InChI is InChI=1S/C12H17F2NO3S/c1-4-15(8(2)3)19(17,18)11-6-5-10(13)9(7-16)12(11)14/h5-6,8,16H,4,7H2,1-3H3. The lowest BCUT2D eigenvalue weighted by molar-refractivity contribution is 0.267. The van der Waals surface area contributed by atoms with Crippen molar-refractivity contribution < 1.29 is 22.3 Å². The van der Waals surface area contributed by atoms with Crippen molar-refractivity contribution in [3.05, 3.63) is 29.3 Å². The molecule has 0 amide bonds. The van der Waals surface area contributed by atoms with Crippen LogP contribution in [0.15, 0.2) is 17.0 Å². The van der Waals surface area contributed by atoms with E-state index < -0.39 is 38.7 Å². The van der Waals surface area contributed by atoms with Crippen molar-refractivity contribution in [3.8, 4) is 0 Å². The highest BCUT2D eigenvalue weighted by atomic mass is 32.2. The number of nitrogens with zero attached hydrogens (tertiary/aromatic N) is 1. The Balaban J connectivity index is 3.46. The van der Waals surface area contributed by atoms with Crippen molar-refractivity contribution in [2.75, 3.05) is 6.54 Å². The van der Waals surface area contributed by atoms with Gasteiger partial charge in [0.05, 0.1) is 12.2 Å². The van der Waals surface area contributed by atoms with Crippen LogP contribution in [0.1, 0.15) is 26.3 Å². The van der Waals surface area contributed by atoms with Gasteiger partial charge in [0.15, 0.2) is 5.82 Å². The second kappa shape index (κ2) is 5.94. The third-order valence-corrected chi connectivity index (χ3v) is 4.95. The molecule has 0 heterocycles. The molecule has 0 atom stereocenters. The van der Waals surface area contributed by atoms with E-state index in [1.807, 2.05) is 0 Å². The molecule has 1 aromatic rings. The van der Waals surface area contributed by atoms with E-state index in [0.717, 1.165) is 16.4 Å². The zero-order valence-corrected chi connectivity index (χ0v) is 11.8. The fourth-order valence-electron chi connectivity index (χ4n) is 1.86. The molecule has 0 unspecified atom stereocenters. The number of rotatable bonds is 5. The molecule has 108 valence electrons. The number of aliphatic hydroxyl groups excluding tert-OH is 1. The summed E-state index contributed by atoms with van der Waals surface area (Å²) in [6.07, 6.45) is 0. The number of sulfonamides is 1. The SMILES string of the molecule is CCN(C(C)C)S(=O)(=O)c1ccc(F)c(CO)c1F. The van der Waals surface area contributed by atoms with Crippen LogP contribution in [0.3, 0.4) is 0 Å². The first-order valence-electron chi connectivity index (χ1n) is 5.86. The van der Waals surface area contributed by atoms with Gasteiger partial charge in [0.1, 0.15) is 10.7 Å². The molecule has 0 saturated carbocycles. The first-order chi connectivity index (χ1) is 8.77. The first kappa shape index (κ1) is 16.0. The van der Waals surface area contributed by atoms with Crippen LogP contribution in [0.4, 0.5) is 8.78 Å².